The van der Waals surface area contributed by atoms with Crippen LogP contribution >= 0.6 is 0 Å². The van der Waals surface area contributed by atoms with Crippen LogP contribution in [0, 0.1) is 12.3 Å². The molecule has 0 saturated carbocycles. The molecule has 16 heavy (non-hydrogen) atoms. The minimum atomic E-state index is -1.04. The Morgan fingerprint density at radius 3 is 2.31 bits per heavy atom. The number of hydrogen-bond donors (Lipinski definition) is 3. The zero-order chi connectivity index (χ0) is 12.6. The fourth-order valence-electron chi connectivity index (χ4n) is 1.16. The largest absolute Gasteiger partial charge is 0.480 e. The molecule has 2 amide bonds. The maximum absolute atomic E-state index is 11.4. The van der Waals surface area contributed by atoms with Gasteiger partial charge in [0.15, 0.2) is 0 Å². The van der Waals surface area contributed by atoms with Crippen molar-refractivity contribution in [2.24, 2.45) is 0 Å². The Hall–Kier alpha value is -1.70. The Bertz CT molecular complexity index is 283. The summed E-state index contributed by atoms with van der Waals surface area (Å²) >= 11 is 0. The number of nitrogens with one attached hydrogen (secondary N) is 2. The van der Waals surface area contributed by atoms with Gasteiger partial charge in [-0.15, -0.1) is 12.3 Å². The maximum Gasteiger partial charge on any atom is 0.326 e. The van der Waals surface area contributed by atoms with E-state index in [1.165, 1.54) is 0 Å². The van der Waals surface area contributed by atoms with Gasteiger partial charge in [0.1, 0.15) is 6.04 Å². The van der Waals surface area contributed by atoms with E-state index in [0.717, 1.165) is 0 Å². The summed E-state index contributed by atoms with van der Waals surface area (Å²) in [5.41, 5.74) is 0. The van der Waals surface area contributed by atoms with Gasteiger partial charge in [-0.2, -0.15) is 0 Å². The van der Waals surface area contributed by atoms with E-state index in [0.29, 0.717) is 19.3 Å². The fraction of sp³-hybridized carbons (Fsp3) is 0.636. The second kappa shape index (κ2) is 7.57. The van der Waals surface area contributed by atoms with E-state index < -0.39 is 18.0 Å². The summed E-state index contributed by atoms with van der Waals surface area (Å²) in [6.45, 7) is 3.59. The summed E-state index contributed by atoms with van der Waals surface area (Å²) in [6, 6.07) is -1.46. The molecule has 0 heterocycles. The van der Waals surface area contributed by atoms with Crippen molar-refractivity contribution < 1.29 is 14.7 Å². The van der Waals surface area contributed by atoms with Gasteiger partial charge in [-0.1, -0.05) is 13.8 Å². The van der Waals surface area contributed by atoms with Crippen LogP contribution in [0.5, 0.6) is 0 Å². The number of urea groups is 1. The number of aliphatic carboxylic acids is 1. The zero-order valence-corrected chi connectivity index (χ0v) is 9.62. The molecule has 0 aromatic heterocycles. The lowest BCUT2D eigenvalue weighted by molar-refractivity contribution is -0.139. The molecule has 0 aliphatic rings. The smallest absolute Gasteiger partial charge is 0.326 e. The number of hydrogen-bond acceptors (Lipinski definition) is 2. The first-order chi connectivity index (χ1) is 7.54. The maximum atomic E-state index is 11.4. The first kappa shape index (κ1) is 14.3. The molecule has 5 heteroatoms. The molecule has 3 N–H and O–H groups in total. The molecule has 0 bridgehead atoms. The van der Waals surface area contributed by atoms with E-state index in [1.807, 2.05) is 6.92 Å². The van der Waals surface area contributed by atoms with Gasteiger partial charge in [-0.3, -0.25) is 0 Å². The van der Waals surface area contributed by atoms with E-state index in [-0.39, 0.29) is 6.04 Å². The lowest BCUT2D eigenvalue weighted by Gasteiger charge is -2.17. The number of amides is 2. The molecule has 0 aliphatic carbocycles. The van der Waals surface area contributed by atoms with Crippen LogP contribution in [0.2, 0.25) is 0 Å². The number of carbonyl (C=O) groups excluding carboxylic acids is 1. The second-order valence-corrected chi connectivity index (χ2v) is 3.43. The predicted molar refractivity (Wildman–Crippen MR) is 60.9 cm³/mol. The van der Waals surface area contributed by atoms with E-state index in [4.69, 9.17) is 11.5 Å². The van der Waals surface area contributed by atoms with Crippen LogP contribution in [-0.4, -0.2) is 29.2 Å². The first-order valence-electron chi connectivity index (χ1n) is 5.28. The molecule has 0 aliphatic heterocycles. The Kier molecular flexibility index (Phi) is 6.77. The molecule has 1 unspecified atom stereocenters. The SMILES string of the molecule is C#CCC(CC)NC(=O)N[C@H](CC)C(=O)O. The molecular weight excluding hydrogens is 208 g/mol. The molecule has 2 atom stereocenters. The average molecular weight is 226 g/mol. The van der Waals surface area contributed by atoms with Gasteiger partial charge in [-0.05, 0) is 12.8 Å². The molecule has 0 radical (unpaired) electrons. The van der Waals surface area contributed by atoms with E-state index >= 15 is 0 Å². The zero-order valence-electron chi connectivity index (χ0n) is 9.62. The highest BCUT2D eigenvalue weighted by Gasteiger charge is 2.18. The molecule has 0 saturated heterocycles. The van der Waals surface area contributed by atoms with Gasteiger partial charge in [0.2, 0.25) is 0 Å². The van der Waals surface area contributed by atoms with Crippen LogP contribution in [0.4, 0.5) is 4.79 Å². The normalized spacial score (nSPS) is 13.3. The second-order valence-electron chi connectivity index (χ2n) is 3.43. The van der Waals surface area contributed by atoms with Gasteiger partial charge in [0, 0.05) is 12.5 Å². The Labute approximate surface area is 95.6 Å². The van der Waals surface area contributed by atoms with E-state index in [9.17, 15) is 9.59 Å². The Balaban J connectivity index is 4.15. The van der Waals surface area contributed by atoms with Crippen molar-refractivity contribution in [3.63, 3.8) is 0 Å². The third-order valence-corrected chi connectivity index (χ3v) is 2.20. The molecule has 0 aromatic rings. The Morgan fingerprint density at radius 1 is 1.31 bits per heavy atom. The lowest BCUT2D eigenvalue weighted by atomic mass is 10.1. The number of carbonyl (C=O) groups is 2. The molecule has 0 fully saturated rings. The number of terminal acetylenes is 1. The topological polar surface area (TPSA) is 78.4 Å². The Morgan fingerprint density at radius 2 is 1.94 bits per heavy atom. The van der Waals surface area contributed by atoms with Crippen LogP contribution in [0.15, 0.2) is 0 Å². The van der Waals surface area contributed by atoms with Crippen LogP contribution in [0.1, 0.15) is 33.1 Å². The van der Waals surface area contributed by atoms with E-state index in [2.05, 4.69) is 16.6 Å². The molecule has 0 rings (SSSR count). The summed E-state index contributed by atoms with van der Waals surface area (Å²) in [5, 5.41) is 13.7. The summed E-state index contributed by atoms with van der Waals surface area (Å²) in [5.74, 6) is 1.42. The molecule has 0 spiro atoms. The molecule has 90 valence electrons. The van der Waals surface area contributed by atoms with E-state index in [1.54, 1.807) is 6.92 Å². The van der Waals surface area contributed by atoms with Crippen LogP contribution < -0.4 is 10.6 Å². The van der Waals surface area contributed by atoms with Crippen molar-refractivity contribution >= 4 is 12.0 Å². The summed E-state index contributed by atoms with van der Waals surface area (Å²) in [4.78, 5) is 22.1. The minimum absolute atomic E-state index is 0.115. The summed E-state index contributed by atoms with van der Waals surface area (Å²) in [7, 11) is 0. The highest BCUT2D eigenvalue weighted by molar-refractivity contribution is 5.82. The van der Waals surface area contributed by atoms with Crippen molar-refractivity contribution in [2.45, 2.75) is 45.2 Å². The highest BCUT2D eigenvalue weighted by atomic mass is 16.4. The van der Waals surface area contributed by atoms with Gasteiger partial charge >= 0.3 is 12.0 Å². The molecular formula is C11H18N2O3. The monoisotopic (exact) mass is 226 g/mol. The third-order valence-electron chi connectivity index (χ3n) is 2.20. The lowest BCUT2D eigenvalue weighted by Crippen LogP contribution is -2.48. The van der Waals surface area contributed by atoms with Crippen molar-refractivity contribution in [3.05, 3.63) is 0 Å². The van der Waals surface area contributed by atoms with Crippen molar-refractivity contribution in [1.29, 1.82) is 0 Å². The van der Waals surface area contributed by atoms with Gasteiger partial charge in [0.05, 0.1) is 0 Å². The number of rotatable bonds is 6. The van der Waals surface area contributed by atoms with Crippen LogP contribution in [0.25, 0.3) is 0 Å². The molecule has 0 aromatic carbocycles. The number of carboxylic acids is 1. The van der Waals surface area contributed by atoms with Crippen LogP contribution in [-0.2, 0) is 4.79 Å². The van der Waals surface area contributed by atoms with Crippen LogP contribution in [0.3, 0.4) is 0 Å². The fourth-order valence-corrected chi connectivity index (χ4v) is 1.16. The van der Waals surface area contributed by atoms with Crippen molar-refractivity contribution in [1.82, 2.24) is 10.6 Å². The summed E-state index contributed by atoms with van der Waals surface area (Å²) < 4.78 is 0. The van der Waals surface area contributed by atoms with Gasteiger partial charge < -0.3 is 15.7 Å². The highest BCUT2D eigenvalue weighted by Crippen LogP contribution is 1.96. The van der Waals surface area contributed by atoms with Gasteiger partial charge in [0.25, 0.3) is 0 Å². The minimum Gasteiger partial charge on any atom is -0.480 e. The van der Waals surface area contributed by atoms with Crippen molar-refractivity contribution in [2.75, 3.05) is 0 Å². The van der Waals surface area contributed by atoms with Gasteiger partial charge in [-0.25, -0.2) is 9.59 Å². The molecule has 5 nitrogen and oxygen atoms in total. The van der Waals surface area contributed by atoms with Crippen molar-refractivity contribution in [3.8, 4) is 12.3 Å². The number of carboxylic acid groups (broad SMARTS) is 1. The predicted octanol–water partition coefficient (Wildman–Crippen LogP) is 0.951. The standard InChI is InChI=1S/C11H18N2O3/c1-4-7-8(5-2)12-11(16)13-9(6-3)10(14)15/h1,8-9H,5-7H2,2-3H3,(H,14,15)(H2,12,13,16)/t8?,9-/m1/s1. The summed E-state index contributed by atoms with van der Waals surface area (Å²) in [6.07, 6.45) is 6.63. The third kappa shape index (κ3) is 5.25. The average Bonchev–Trinajstić information content (AvgIpc) is 2.24. The quantitative estimate of drug-likeness (QED) is 0.590. The first-order valence-corrected chi connectivity index (χ1v) is 5.28.